The van der Waals surface area contributed by atoms with Crippen LogP contribution in [-0.4, -0.2) is 29.8 Å². The van der Waals surface area contributed by atoms with Gasteiger partial charge in [0.25, 0.3) is 0 Å². The Morgan fingerprint density at radius 3 is 2.53 bits per heavy atom. The van der Waals surface area contributed by atoms with Gasteiger partial charge < -0.3 is 10.2 Å². The summed E-state index contributed by atoms with van der Waals surface area (Å²) in [5, 5.41) is 2.64. The first-order valence-electron chi connectivity index (χ1n) is 12.4. The molecule has 1 N–H and O–H groups in total. The number of nitrogens with one attached hydrogen (secondary N) is 1. The van der Waals surface area contributed by atoms with Crippen molar-refractivity contribution in [3.05, 3.63) is 42.0 Å². The molecule has 3 fully saturated rings. The lowest BCUT2D eigenvalue weighted by molar-refractivity contribution is -0.141. The predicted octanol–water partition coefficient (Wildman–Crippen LogP) is 5.90. The molecule has 4 aliphatic rings. The zero-order chi connectivity index (χ0) is 24.5. The van der Waals surface area contributed by atoms with Gasteiger partial charge in [-0.05, 0) is 79.9 Å². The van der Waals surface area contributed by atoms with E-state index in [-0.39, 0.29) is 40.3 Å². The summed E-state index contributed by atoms with van der Waals surface area (Å²) in [6, 6.07) is 5.41. The molecule has 0 spiro atoms. The summed E-state index contributed by atoms with van der Waals surface area (Å²) in [5.74, 6) is 0.766. The Hall–Kier alpha value is -2.31. The van der Waals surface area contributed by atoms with E-state index in [4.69, 9.17) is 0 Å². The van der Waals surface area contributed by atoms with E-state index in [0.29, 0.717) is 24.2 Å². The number of hydrogen-bond acceptors (Lipinski definition) is 2. The van der Waals surface area contributed by atoms with E-state index in [9.17, 15) is 22.8 Å². The molecule has 7 atom stereocenters. The fraction of sp³-hybridized carbons (Fsp3) is 0.630. The molecule has 3 aliphatic carbocycles. The van der Waals surface area contributed by atoms with E-state index in [1.807, 2.05) is 11.9 Å². The van der Waals surface area contributed by atoms with Crippen molar-refractivity contribution in [2.24, 2.45) is 34.5 Å². The summed E-state index contributed by atoms with van der Waals surface area (Å²) in [4.78, 5) is 27.5. The van der Waals surface area contributed by atoms with Gasteiger partial charge in [0.05, 0.1) is 11.3 Å². The van der Waals surface area contributed by atoms with Gasteiger partial charge in [-0.2, -0.15) is 13.2 Å². The van der Waals surface area contributed by atoms with Crippen LogP contribution in [0.2, 0.25) is 0 Å². The monoisotopic (exact) mass is 474 g/mol. The summed E-state index contributed by atoms with van der Waals surface area (Å²) in [5.41, 5.74) is -1.25. The van der Waals surface area contributed by atoms with Crippen LogP contribution in [0.4, 0.5) is 18.9 Å². The summed E-state index contributed by atoms with van der Waals surface area (Å²) in [7, 11) is 1.90. The maximum absolute atomic E-state index is 13.4. The molecule has 4 nitrogen and oxygen atoms in total. The van der Waals surface area contributed by atoms with E-state index >= 15 is 0 Å². The Bertz CT molecular complexity index is 1040. The lowest BCUT2D eigenvalue weighted by atomic mass is 9.47. The minimum atomic E-state index is -4.51. The van der Waals surface area contributed by atoms with Gasteiger partial charge in [-0.3, -0.25) is 9.59 Å². The van der Waals surface area contributed by atoms with Gasteiger partial charge in [0.15, 0.2) is 0 Å². The van der Waals surface area contributed by atoms with Crippen LogP contribution in [0.3, 0.4) is 0 Å². The van der Waals surface area contributed by atoms with Gasteiger partial charge in [-0.25, -0.2) is 0 Å². The second kappa shape index (κ2) is 7.85. The van der Waals surface area contributed by atoms with Crippen molar-refractivity contribution in [2.45, 2.75) is 64.6 Å². The number of fused-ring (bicyclic) bond motifs is 5. The summed E-state index contributed by atoms with van der Waals surface area (Å²) in [6.45, 7) is 4.46. The van der Waals surface area contributed by atoms with E-state index < -0.39 is 11.7 Å². The number of hydrogen-bond donors (Lipinski definition) is 1. The van der Waals surface area contributed by atoms with Crippen molar-refractivity contribution in [1.82, 2.24) is 4.90 Å². The van der Waals surface area contributed by atoms with Crippen LogP contribution < -0.4 is 5.32 Å². The molecule has 184 valence electrons. The van der Waals surface area contributed by atoms with Crippen molar-refractivity contribution >= 4 is 17.5 Å². The highest BCUT2D eigenvalue weighted by molar-refractivity contribution is 5.94. The Labute approximate surface area is 199 Å². The van der Waals surface area contributed by atoms with Crippen molar-refractivity contribution < 1.29 is 22.8 Å². The number of carbonyl (C=O) groups is 2. The maximum atomic E-state index is 13.4. The predicted molar refractivity (Wildman–Crippen MR) is 124 cm³/mol. The van der Waals surface area contributed by atoms with Gasteiger partial charge in [-0.1, -0.05) is 32.1 Å². The Kier molecular flexibility index (Phi) is 5.41. The van der Waals surface area contributed by atoms with Crippen LogP contribution in [0.15, 0.2) is 36.4 Å². The first-order chi connectivity index (χ1) is 16.0. The third-order valence-electron chi connectivity index (χ3n) is 9.93. The van der Waals surface area contributed by atoms with Crippen molar-refractivity contribution in [3.8, 4) is 0 Å². The standard InChI is InChI=1S/C27H33F3N2O2/c1-25-14-12-18-16(8-11-22-26(18,2)15-13-23(33)32(22)3)17(25)9-10-20(25)24(34)31-21-7-5-4-6-19(21)27(28,29)30/h4-7,13,15-18,20,22H,8-12,14H2,1-3H3,(H,31,34)/t16-,17+,18+,20-,22-,25+,26-/m1/s1. The van der Waals surface area contributed by atoms with Crippen molar-refractivity contribution in [3.63, 3.8) is 0 Å². The molecule has 1 heterocycles. The Morgan fingerprint density at radius 2 is 1.79 bits per heavy atom. The van der Waals surface area contributed by atoms with Gasteiger partial charge >= 0.3 is 6.18 Å². The van der Waals surface area contributed by atoms with Crippen LogP contribution in [0.5, 0.6) is 0 Å². The number of para-hydroxylation sites is 1. The first kappa shape index (κ1) is 23.4. The molecule has 0 radical (unpaired) electrons. The fourth-order valence-electron chi connectivity index (χ4n) is 8.23. The molecule has 1 aromatic rings. The molecular formula is C27H33F3N2O2. The minimum absolute atomic E-state index is 0.0679. The lowest BCUT2D eigenvalue weighted by Crippen LogP contribution is -2.59. The summed E-state index contributed by atoms with van der Waals surface area (Å²) in [6.07, 6.45) is 4.80. The van der Waals surface area contributed by atoms with Crippen molar-refractivity contribution in [2.75, 3.05) is 12.4 Å². The third-order valence-corrected chi connectivity index (χ3v) is 9.93. The SMILES string of the molecule is CN1C(=O)C=C[C@]2(C)[C@H]3CC[C@]4(C)[C@@H](C(=O)Nc5ccccc5C(F)(F)F)CC[C@H]4[C@H]3CC[C@@H]12. The van der Waals surface area contributed by atoms with E-state index in [2.05, 4.69) is 25.2 Å². The molecular weight excluding hydrogens is 441 g/mol. The number of benzene rings is 1. The molecule has 1 aliphatic heterocycles. The number of amides is 2. The van der Waals surface area contributed by atoms with Crippen LogP contribution in [-0.2, 0) is 15.8 Å². The van der Waals surface area contributed by atoms with Crippen LogP contribution in [0, 0.1) is 34.5 Å². The quantitative estimate of drug-likeness (QED) is 0.580. The molecule has 0 bridgehead atoms. The molecule has 0 unspecified atom stereocenters. The third kappa shape index (κ3) is 3.41. The fourth-order valence-corrected chi connectivity index (χ4v) is 8.23. The lowest BCUT2D eigenvalue weighted by Gasteiger charge is -2.60. The number of halogens is 3. The average Bonchev–Trinajstić information content (AvgIpc) is 3.13. The van der Waals surface area contributed by atoms with Gasteiger partial charge in [0.1, 0.15) is 0 Å². The Balaban J connectivity index is 1.38. The maximum Gasteiger partial charge on any atom is 0.418 e. The molecule has 34 heavy (non-hydrogen) atoms. The molecule has 7 heteroatoms. The topological polar surface area (TPSA) is 49.4 Å². The number of carbonyl (C=O) groups excluding carboxylic acids is 2. The zero-order valence-electron chi connectivity index (χ0n) is 20.0. The van der Waals surface area contributed by atoms with E-state index in [0.717, 1.165) is 38.2 Å². The van der Waals surface area contributed by atoms with Crippen LogP contribution in [0.1, 0.15) is 57.9 Å². The highest BCUT2D eigenvalue weighted by atomic mass is 19.4. The molecule has 0 aromatic heterocycles. The smallest absolute Gasteiger partial charge is 0.338 e. The summed E-state index contributed by atoms with van der Waals surface area (Å²) < 4.78 is 40.3. The second-order valence-corrected chi connectivity index (χ2v) is 11.3. The highest BCUT2D eigenvalue weighted by Crippen LogP contribution is 2.65. The normalized spacial score (nSPS) is 39.3. The largest absolute Gasteiger partial charge is 0.418 e. The molecule has 1 aromatic carbocycles. The molecule has 0 saturated heterocycles. The van der Waals surface area contributed by atoms with E-state index in [1.54, 1.807) is 6.08 Å². The number of anilines is 1. The average molecular weight is 475 g/mol. The number of alkyl halides is 3. The molecule has 5 rings (SSSR count). The van der Waals surface area contributed by atoms with Gasteiger partial charge in [-0.15, -0.1) is 0 Å². The minimum Gasteiger partial charge on any atom is -0.338 e. The zero-order valence-corrected chi connectivity index (χ0v) is 20.0. The highest BCUT2D eigenvalue weighted by Gasteiger charge is 2.61. The van der Waals surface area contributed by atoms with Crippen molar-refractivity contribution in [1.29, 1.82) is 0 Å². The first-order valence-corrected chi connectivity index (χ1v) is 12.4. The van der Waals surface area contributed by atoms with Crippen LogP contribution >= 0.6 is 0 Å². The molecule has 2 amide bonds. The van der Waals surface area contributed by atoms with Gasteiger partial charge in [0, 0.05) is 24.4 Å². The summed E-state index contributed by atoms with van der Waals surface area (Å²) >= 11 is 0. The van der Waals surface area contributed by atoms with Crippen LogP contribution in [0.25, 0.3) is 0 Å². The molecule has 3 saturated carbocycles. The number of likely N-dealkylation sites (N-methyl/N-ethyl adjacent to an activating group) is 1. The second-order valence-electron chi connectivity index (χ2n) is 11.3. The van der Waals surface area contributed by atoms with E-state index in [1.165, 1.54) is 18.2 Å². The van der Waals surface area contributed by atoms with Gasteiger partial charge in [0.2, 0.25) is 11.8 Å². The number of rotatable bonds is 2. The number of nitrogens with zero attached hydrogens (tertiary/aromatic N) is 1. The Morgan fingerprint density at radius 1 is 1.06 bits per heavy atom.